The van der Waals surface area contributed by atoms with E-state index >= 15 is 0 Å². The lowest BCUT2D eigenvalue weighted by Crippen LogP contribution is -2.38. The molecule has 1 saturated heterocycles. The van der Waals surface area contributed by atoms with Gasteiger partial charge in [-0.3, -0.25) is 4.79 Å². The van der Waals surface area contributed by atoms with Gasteiger partial charge in [0.1, 0.15) is 5.75 Å². The molecule has 1 amide bonds. The minimum Gasteiger partial charge on any atom is -0.496 e. The Balaban J connectivity index is 1.62. The number of carbonyl (C=O) groups is 1. The van der Waals surface area contributed by atoms with Crippen LogP contribution in [0.25, 0.3) is 0 Å². The molecule has 3 heteroatoms. The molecule has 0 atom stereocenters. The van der Waals surface area contributed by atoms with Gasteiger partial charge in [0.05, 0.1) is 7.11 Å². The molecule has 1 aliphatic carbocycles. The zero-order chi connectivity index (χ0) is 14.1. The van der Waals surface area contributed by atoms with Gasteiger partial charge in [-0.1, -0.05) is 12.1 Å². The quantitative estimate of drug-likeness (QED) is 0.847. The van der Waals surface area contributed by atoms with Crippen molar-refractivity contribution in [3.8, 4) is 5.75 Å². The van der Waals surface area contributed by atoms with E-state index in [4.69, 9.17) is 4.74 Å². The molecular weight excluding hydrogens is 250 g/mol. The van der Waals surface area contributed by atoms with Crippen molar-refractivity contribution in [3.63, 3.8) is 0 Å². The molecule has 1 saturated carbocycles. The van der Waals surface area contributed by atoms with Gasteiger partial charge in [-0.05, 0) is 55.7 Å². The third-order valence-electron chi connectivity index (χ3n) is 4.62. The van der Waals surface area contributed by atoms with Crippen molar-refractivity contribution >= 4 is 5.91 Å². The molecule has 0 aromatic heterocycles. The molecule has 20 heavy (non-hydrogen) atoms. The van der Waals surface area contributed by atoms with E-state index in [-0.39, 0.29) is 0 Å². The Labute approximate surface area is 120 Å². The Morgan fingerprint density at radius 3 is 2.45 bits per heavy atom. The Hall–Kier alpha value is -1.51. The summed E-state index contributed by atoms with van der Waals surface area (Å²) >= 11 is 0. The average Bonchev–Trinajstić information content (AvgIpc) is 3.31. The number of ether oxygens (including phenoxy) is 1. The topological polar surface area (TPSA) is 29.5 Å². The van der Waals surface area contributed by atoms with E-state index in [1.165, 1.54) is 11.1 Å². The van der Waals surface area contributed by atoms with E-state index in [2.05, 4.69) is 30.0 Å². The molecule has 0 unspecified atom stereocenters. The van der Waals surface area contributed by atoms with Crippen LogP contribution in [0.5, 0.6) is 5.75 Å². The van der Waals surface area contributed by atoms with Crippen molar-refractivity contribution in [3.05, 3.63) is 29.3 Å². The summed E-state index contributed by atoms with van der Waals surface area (Å²) < 4.78 is 5.32. The summed E-state index contributed by atoms with van der Waals surface area (Å²) in [6.07, 6.45) is 4.39. The molecule has 0 bridgehead atoms. The predicted octanol–water partition coefficient (Wildman–Crippen LogP) is 3.12. The second-order valence-corrected chi connectivity index (χ2v) is 6.10. The van der Waals surface area contributed by atoms with Gasteiger partial charge in [-0.2, -0.15) is 0 Å². The van der Waals surface area contributed by atoms with Gasteiger partial charge in [0.15, 0.2) is 0 Å². The lowest BCUT2D eigenvalue weighted by Gasteiger charge is -2.32. The van der Waals surface area contributed by atoms with Gasteiger partial charge in [-0.25, -0.2) is 0 Å². The maximum absolute atomic E-state index is 12.1. The van der Waals surface area contributed by atoms with E-state index in [9.17, 15) is 4.79 Å². The van der Waals surface area contributed by atoms with Crippen LogP contribution in [0.1, 0.15) is 42.7 Å². The van der Waals surface area contributed by atoms with Gasteiger partial charge >= 0.3 is 0 Å². The summed E-state index contributed by atoms with van der Waals surface area (Å²) in [4.78, 5) is 14.1. The van der Waals surface area contributed by atoms with Gasteiger partial charge in [0.25, 0.3) is 0 Å². The number of piperidine rings is 1. The Morgan fingerprint density at radius 2 is 1.90 bits per heavy atom. The van der Waals surface area contributed by atoms with Gasteiger partial charge in [0, 0.05) is 19.0 Å². The van der Waals surface area contributed by atoms with E-state index in [0.29, 0.717) is 17.7 Å². The first kappa shape index (κ1) is 13.5. The van der Waals surface area contributed by atoms with Crippen LogP contribution in [0.3, 0.4) is 0 Å². The number of hydrogen-bond donors (Lipinski definition) is 0. The Morgan fingerprint density at radius 1 is 1.20 bits per heavy atom. The van der Waals surface area contributed by atoms with E-state index in [1.54, 1.807) is 7.11 Å². The zero-order valence-electron chi connectivity index (χ0n) is 12.4. The molecule has 108 valence electrons. The second-order valence-electron chi connectivity index (χ2n) is 6.10. The Kier molecular flexibility index (Phi) is 3.68. The van der Waals surface area contributed by atoms with Crippen LogP contribution in [0, 0.1) is 12.8 Å². The summed E-state index contributed by atoms with van der Waals surface area (Å²) in [6.45, 7) is 3.93. The molecule has 0 spiro atoms. The lowest BCUT2D eigenvalue weighted by atomic mass is 9.88. The van der Waals surface area contributed by atoms with Crippen LogP contribution < -0.4 is 4.74 Å². The number of benzene rings is 1. The van der Waals surface area contributed by atoms with Crippen molar-refractivity contribution in [2.75, 3.05) is 20.2 Å². The van der Waals surface area contributed by atoms with Crippen LogP contribution >= 0.6 is 0 Å². The number of nitrogens with zero attached hydrogens (tertiary/aromatic N) is 1. The number of hydrogen-bond acceptors (Lipinski definition) is 2. The van der Waals surface area contributed by atoms with Crippen LogP contribution in [-0.2, 0) is 4.79 Å². The van der Waals surface area contributed by atoms with Gasteiger partial charge in [-0.15, -0.1) is 0 Å². The van der Waals surface area contributed by atoms with Crippen LogP contribution in [0.15, 0.2) is 18.2 Å². The number of rotatable bonds is 3. The first-order chi connectivity index (χ1) is 9.69. The van der Waals surface area contributed by atoms with Crippen molar-refractivity contribution in [1.82, 2.24) is 4.90 Å². The van der Waals surface area contributed by atoms with Gasteiger partial charge < -0.3 is 9.64 Å². The maximum Gasteiger partial charge on any atom is 0.225 e. The number of aryl methyl sites for hydroxylation is 1. The van der Waals surface area contributed by atoms with Crippen molar-refractivity contribution < 1.29 is 9.53 Å². The molecule has 2 fully saturated rings. The summed E-state index contributed by atoms with van der Waals surface area (Å²) in [5.74, 6) is 2.29. The van der Waals surface area contributed by atoms with Gasteiger partial charge in [0.2, 0.25) is 5.91 Å². The number of amides is 1. The monoisotopic (exact) mass is 273 g/mol. The average molecular weight is 273 g/mol. The highest BCUT2D eigenvalue weighted by atomic mass is 16.5. The first-order valence-corrected chi connectivity index (χ1v) is 7.62. The molecule has 3 nitrogen and oxygen atoms in total. The van der Waals surface area contributed by atoms with Crippen LogP contribution in [-0.4, -0.2) is 31.0 Å². The van der Waals surface area contributed by atoms with Crippen LogP contribution in [0.2, 0.25) is 0 Å². The molecule has 1 aromatic rings. The molecule has 0 N–H and O–H groups in total. The fourth-order valence-electron chi connectivity index (χ4n) is 3.18. The molecule has 1 heterocycles. The van der Waals surface area contributed by atoms with Crippen molar-refractivity contribution in [2.24, 2.45) is 5.92 Å². The number of likely N-dealkylation sites (tertiary alicyclic amines) is 1. The lowest BCUT2D eigenvalue weighted by molar-refractivity contribution is -0.133. The highest BCUT2D eigenvalue weighted by molar-refractivity contribution is 5.81. The molecule has 2 aliphatic rings. The zero-order valence-corrected chi connectivity index (χ0v) is 12.4. The largest absolute Gasteiger partial charge is 0.496 e. The standard InChI is InChI=1S/C17H23NO2/c1-12-11-15(5-6-16(12)20-2)13-7-9-18(10-8-13)17(19)14-3-4-14/h5-6,11,13-14H,3-4,7-10H2,1-2H3. The number of methoxy groups -OCH3 is 1. The van der Waals surface area contributed by atoms with Crippen molar-refractivity contribution in [2.45, 2.75) is 38.5 Å². The summed E-state index contributed by atoms with van der Waals surface area (Å²) in [7, 11) is 1.71. The third kappa shape index (κ3) is 2.67. The minimum atomic E-state index is 0.356. The Bertz CT molecular complexity index is 500. The van der Waals surface area contributed by atoms with E-state index < -0.39 is 0 Å². The van der Waals surface area contributed by atoms with E-state index in [1.807, 2.05) is 0 Å². The molecule has 1 aromatic carbocycles. The number of carbonyl (C=O) groups excluding carboxylic acids is 1. The fourth-order valence-corrected chi connectivity index (χ4v) is 3.18. The van der Waals surface area contributed by atoms with Crippen molar-refractivity contribution in [1.29, 1.82) is 0 Å². The maximum atomic E-state index is 12.1. The molecular formula is C17H23NO2. The summed E-state index contributed by atoms with van der Waals surface area (Å²) in [5, 5.41) is 0. The molecule has 1 aliphatic heterocycles. The first-order valence-electron chi connectivity index (χ1n) is 7.62. The van der Waals surface area contributed by atoms with E-state index in [0.717, 1.165) is 44.5 Å². The fraction of sp³-hybridized carbons (Fsp3) is 0.588. The highest BCUT2D eigenvalue weighted by Gasteiger charge is 2.35. The SMILES string of the molecule is COc1ccc(C2CCN(C(=O)C3CC3)CC2)cc1C. The molecule has 0 radical (unpaired) electrons. The van der Waals surface area contributed by atoms with Crippen LogP contribution in [0.4, 0.5) is 0 Å². The normalized spacial score (nSPS) is 20.0. The summed E-state index contributed by atoms with van der Waals surface area (Å²) in [6, 6.07) is 6.48. The summed E-state index contributed by atoms with van der Waals surface area (Å²) in [5.41, 5.74) is 2.59. The third-order valence-corrected chi connectivity index (χ3v) is 4.62. The predicted molar refractivity (Wildman–Crippen MR) is 79.0 cm³/mol. The second kappa shape index (κ2) is 5.47. The molecule has 3 rings (SSSR count). The minimum absolute atomic E-state index is 0.356. The highest BCUT2D eigenvalue weighted by Crippen LogP contribution is 2.35. The smallest absolute Gasteiger partial charge is 0.225 e.